The standard InChI is InChI=1S/C15H18N4O/c1-3-8-18-14-11-12(2)4-5-13(14)15(20)19(9-6-16)10-7-17/h4-5,11,18H,3,8-10H2,1-2H3. The zero-order valence-electron chi connectivity index (χ0n) is 11.8. The van der Waals surface area contributed by atoms with Crippen LogP contribution in [0.5, 0.6) is 0 Å². The molecule has 0 radical (unpaired) electrons. The van der Waals surface area contributed by atoms with Gasteiger partial charge in [-0.2, -0.15) is 10.5 Å². The first-order valence-electron chi connectivity index (χ1n) is 6.51. The topological polar surface area (TPSA) is 79.9 Å². The van der Waals surface area contributed by atoms with E-state index in [0.29, 0.717) is 5.56 Å². The number of benzene rings is 1. The largest absolute Gasteiger partial charge is 0.384 e. The fourth-order valence-corrected chi connectivity index (χ4v) is 1.79. The van der Waals surface area contributed by atoms with Crippen LogP contribution in [0, 0.1) is 29.6 Å². The van der Waals surface area contributed by atoms with E-state index in [4.69, 9.17) is 10.5 Å². The van der Waals surface area contributed by atoms with E-state index in [1.807, 2.05) is 38.1 Å². The lowest BCUT2D eigenvalue weighted by Gasteiger charge is -2.19. The molecular formula is C15H18N4O. The van der Waals surface area contributed by atoms with Gasteiger partial charge in [-0.1, -0.05) is 13.0 Å². The lowest BCUT2D eigenvalue weighted by atomic mass is 10.1. The molecule has 0 bridgehead atoms. The monoisotopic (exact) mass is 270 g/mol. The zero-order valence-corrected chi connectivity index (χ0v) is 11.8. The summed E-state index contributed by atoms with van der Waals surface area (Å²) in [6.07, 6.45) is 0.946. The number of carbonyl (C=O) groups excluding carboxylic acids is 1. The number of hydrogen-bond donors (Lipinski definition) is 1. The zero-order chi connectivity index (χ0) is 15.0. The number of amides is 1. The Bertz CT molecular complexity index is 538. The van der Waals surface area contributed by atoms with Crippen molar-refractivity contribution in [1.29, 1.82) is 10.5 Å². The number of carbonyl (C=O) groups is 1. The van der Waals surface area contributed by atoms with Crippen LogP contribution in [0.4, 0.5) is 5.69 Å². The summed E-state index contributed by atoms with van der Waals surface area (Å²) in [5.41, 5.74) is 2.29. The predicted molar refractivity (Wildman–Crippen MR) is 77.1 cm³/mol. The van der Waals surface area contributed by atoms with E-state index in [9.17, 15) is 4.79 Å². The number of rotatable bonds is 6. The molecule has 20 heavy (non-hydrogen) atoms. The molecule has 0 aliphatic carbocycles. The molecule has 0 aliphatic rings. The van der Waals surface area contributed by atoms with Gasteiger partial charge in [0.15, 0.2) is 0 Å². The predicted octanol–water partition coefficient (Wildman–Crippen LogP) is 2.31. The Morgan fingerprint density at radius 3 is 2.50 bits per heavy atom. The Balaban J connectivity index is 3.07. The van der Waals surface area contributed by atoms with Crippen molar-refractivity contribution in [2.45, 2.75) is 20.3 Å². The van der Waals surface area contributed by atoms with E-state index in [1.165, 1.54) is 4.90 Å². The number of aryl methyl sites for hydroxylation is 1. The first-order chi connectivity index (χ1) is 9.63. The molecule has 1 N–H and O–H groups in total. The summed E-state index contributed by atoms with van der Waals surface area (Å²) in [5.74, 6) is -0.299. The molecule has 0 saturated heterocycles. The summed E-state index contributed by atoms with van der Waals surface area (Å²) in [6.45, 7) is 4.58. The van der Waals surface area contributed by atoms with Crippen molar-refractivity contribution >= 4 is 11.6 Å². The number of nitrogens with zero attached hydrogens (tertiary/aromatic N) is 3. The Labute approximate surface area is 119 Å². The number of nitriles is 2. The maximum atomic E-state index is 12.4. The minimum absolute atomic E-state index is 0.0898. The van der Waals surface area contributed by atoms with Crippen LogP contribution in [0.1, 0.15) is 29.3 Å². The number of anilines is 1. The van der Waals surface area contributed by atoms with Gasteiger partial charge in [0.05, 0.1) is 17.7 Å². The van der Waals surface area contributed by atoms with Crippen LogP contribution < -0.4 is 5.32 Å². The highest BCUT2D eigenvalue weighted by Gasteiger charge is 2.18. The fourth-order valence-electron chi connectivity index (χ4n) is 1.79. The van der Waals surface area contributed by atoms with Crippen molar-refractivity contribution in [1.82, 2.24) is 4.90 Å². The van der Waals surface area contributed by atoms with Crippen LogP contribution in [0.2, 0.25) is 0 Å². The van der Waals surface area contributed by atoms with E-state index >= 15 is 0 Å². The van der Waals surface area contributed by atoms with Crippen LogP contribution in [-0.4, -0.2) is 30.4 Å². The van der Waals surface area contributed by atoms with E-state index in [1.54, 1.807) is 6.07 Å². The number of hydrogen-bond acceptors (Lipinski definition) is 4. The van der Waals surface area contributed by atoms with E-state index in [-0.39, 0.29) is 19.0 Å². The van der Waals surface area contributed by atoms with Crippen molar-refractivity contribution in [3.05, 3.63) is 29.3 Å². The summed E-state index contributed by atoms with van der Waals surface area (Å²) in [5, 5.41) is 20.7. The Morgan fingerprint density at radius 1 is 1.30 bits per heavy atom. The molecule has 1 aromatic rings. The summed E-state index contributed by atoms with van der Waals surface area (Å²) >= 11 is 0. The molecule has 5 heteroatoms. The molecule has 0 aliphatic heterocycles. The summed E-state index contributed by atoms with van der Waals surface area (Å²) in [7, 11) is 0. The van der Waals surface area contributed by atoms with E-state index in [2.05, 4.69) is 5.32 Å². The molecular weight excluding hydrogens is 252 g/mol. The first kappa shape index (κ1) is 15.5. The quantitative estimate of drug-likeness (QED) is 0.804. The number of nitrogens with one attached hydrogen (secondary N) is 1. The third-order valence-corrected chi connectivity index (χ3v) is 2.78. The van der Waals surface area contributed by atoms with Gasteiger partial charge in [0.1, 0.15) is 13.1 Å². The van der Waals surface area contributed by atoms with Gasteiger partial charge in [0.2, 0.25) is 0 Å². The minimum Gasteiger partial charge on any atom is -0.384 e. The average Bonchev–Trinajstić information content (AvgIpc) is 2.44. The molecule has 0 heterocycles. The molecule has 1 rings (SSSR count). The van der Waals surface area contributed by atoms with Gasteiger partial charge in [-0.3, -0.25) is 4.79 Å². The van der Waals surface area contributed by atoms with Crippen LogP contribution in [0.15, 0.2) is 18.2 Å². The van der Waals surface area contributed by atoms with Crippen molar-refractivity contribution in [2.75, 3.05) is 25.0 Å². The van der Waals surface area contributed by atoms with Crippen LogP contribution in [0.3, 0.4) is 0 Å². The summed E-state index contributed by atoms with van der Waals surface area (Å²) in [6, 6.07) is 9.31. The highest BCUT2D eigenvalue weighted by Crippen LogP contribution is 2.19. The molecule has 1 aromatic carbocycles. The lowest BCUT2D eigenvalue weighted by molar-refractivity contribution is 0.0795. The third kappa shape index (κ3) is 4.00. The average molecular weight is 270 g/mol. The highest BCUT2D eigenvalue weighted by atomic mass is 16.2. The molecule has 0 aromatic heterocycles. The highest BCUT2D eigenvalue weighted by molar-refractivity contribution is 6.00. The van der Waals surface area contributed by atoms with Gasteiger partial charge in [-0.25, -0.2) is 0 Å². The van der Waals surface area contributed by atoms with Gasteiger partial charge in [0, 0.05) is 12.2 Å². The normalized spacial score (nSPS) is 9.40. The van der Waals surface area contributed by atoms with Gasteiger partial charge >= 0.3 is 0 Å². The molecule has 1 amide bonds. The maximum Gasteiger partial charge on any atom is 0.257 e. The molecule has 0 unspecified atom stereocenters. The second-order valence-electron chi connectivity index (χ2n) is 4.45. The SMILES string of the molecule is CCCNc1cc(C)ccc1C(=O)N(CC#N)CC#N. The van der Waals surface area contributed by atoms with E-state index in [0.717, 1.165) is 24.2 Å². The van der Waals surface area contributed by atoms with Crippen LogP contribution >= 0.6 is 0 Å². The molecule has 0 fully saturated rings. The van der Waals surface area contributed by atoms with Gasteiger partial charge in [-0.15, -0.1) is 0 Å². The van der Waals surface area contributed by atoms with Crippen molar-refractivity contribution in [3.8, 4) is 12.1 Å². The summed E-state index contributed by atoms with van der Waals surface area (Å²) in [4.78, 5) is 13.6. The van der Waals surface area contributed by atoms with Gasteiger partial charge in [0.25, 0.3) is 5.91 Å². The minimum atomic E-state index is -0.299. The molecule has 0 atom stereocenters. The van der Waals surface area contributed by atoms with Crippen molar-refractivity contribution < 1.29 is 4.79 Å². The molecule has 104 valence electrons. The first-order valence-corrected chi connectivity index (χ1v) is 6.51. The molecule has 0 spiro atoms. The second kappa shape index (κ2) is 7.81. The van der Waals surface area contributed by atoms with Crippen molar-refractivity contribution in [2.24, 2.45) is 0 Å². The van der Waals surface area contributed by atoms with Crippen molar-refractivity contribution in [3.63, 3.8) is 0 Å². The maximum absolute atomic E-state index is 12.4. The van der Waals surface area contributed by atoms with Crippen LogP contribution in [-0.2, 0) is 0 Å². The van der Waals surface area contributed by atoms with E-state index < -0.39 is 0 Å². The lowest BCUT2D eigenvalue weighted by Crippen LogP contribution is -2.32. The smallest absolute Gasteiger partial charge is 0.257 e. The fraction of sp³-hybridized carbons (Fsp3) is 0.400. The summed E-state index contributed by atoms with van der Waals surface area (Å²) < 4.78 is 0. The second-order valence-corrected chi connectivity index (χ2v) is 4.45. The molecule has 0 saturated carbocycles. The van der Waals surface area contributed by atoms with Crippen LogP contribution in [0.25, 0.3) is 0 Å². The Morgan fingerprint density at radius 2 is 1.95 bits per heavy atom. The van der Waals surface area contributed by atoms with Gasteiger partial charge in [-0.05, 0) is 31.0 Å². The Hall–Kier alpha value is -2.53. The van der Waals surface area contributed by atoms with Gasteiger partial charge < -0.3 is 10.2 Å². The molecule has 5 nitrogen and oxygen atoms in total. The third-order valence-electron chi connectivity index (χ3n) is 2.78. The Kier molecular flexibility index (Phi) is 6.06.